The molecule has 1 amide bonds. The highest BCUT2D eigenvalue weighted by Gasteiger charge is 2.47. The molecule has 0 fully saturated rings. The molecule has 2 N–H and O–H groups in total. The third kappa shape index (κ3) is 3.87. The van der Waals surface area contributed by atoms with Gasteiger partial charge in [0, 0.05) is 0 Å². The minimum atomic E-state index is -1.01. The molecule has 0 saturated heterocycles. The number of phenolic OH excluding ortho intramolecular Hbond substituents is 1. The highest BCUT2D eigenvalue weighted by Crippen LogP contribution is 2.47. The summed E-state index contributed by atoms with van der Waals surface area (Å²) in [6.07, 6.45) is 0. The lowest BCUT2D eigenvalue weighted by Crippen LogP contribution is -2.31. The highest BCUT2D eigenvalue weighted by molar-refractivity contribution is 9.10. The van der Waals surface area contributed by atoms with E-state index in [-0.39, 0.29) is 17.1 Å². The Balaban J connectivity index is 1.74. The van der Waals surface area contributed by atoms with Crippen LogP contribution in [0.1, 0.15) is 37.5 Å². The first kappa shape index (κ1) is 24.4. The molecule has 4 aromatic rings. The fourth-order valence-electron chi connectivity index (χ4n) is 4.24. The lowest BCUT2D eigenvalue weighted by molar-refractivity contribution is -0.117. The molecule has 184 valence electrons. The second kappa shape index (κ2) is 8.99. The number of aromatic hydroxyl groups is 1. The predicted octanol–water partition coefficient (Wildman–Crippen LogP) is 5.94. The number of carbonyl (C=O) groups is 2. The smallest absolute Gasteiger partial charge is 0.296 e. The van der Waals surface area contributed by atoms with Crippen LogP contribution >= 0.6 is 38.6 Å². The summed E-state index contributed by atoms with van der Waals surface area (Å²) in [6, 6.07) is 7.88. The van der Waals surface area contributed by atoms with Gasteiger partial charge in [-0.1, -0.05) is 17.4 Å². The van der Waals surface area contributed by atoms with Crippen LogP contribution in [0.4, 0.5) is 5.13 Å². The number of phenols is 1. The fraction of sp³-hybridized carbons (Fsp3) is 0.200. The van der Waals surface area contributed by atoms with Crippen molar-refractivity contribution in [2.75, 3.05) is 12.0 Å². The number of aromatic nitrogens is 2. The molecule has 0 bridgehead atoms. The highest BCUT2D eigenvalue weighted by atomic mass is 79.9. The molecule has 0 spiro atoms. The van der Waals surface area contributed by atoms with Crippen LogP contribution in [0.2, 0.25) is 0 Å². The second-order valence-corrected chi connectivity index (χ2v) is 11.4. The number of ether oxygens (including phenoxy) is 1. The number of thiazole rings is 2. The van der Waals surface area contributed by atoms with Gasteiger partial charge in [-0.25, -0.2) is 9.97 Å². The average Bonchev–Trinajstić information content (AvgIpc) is 3.48. The number of hydrogen-bond donors (Lipinski definition) is 2. The molecule has 5 rings (SSSR count). The number of aliphatic hydroxyl groups is 1. The minimum absolute atomic E-state index is 0.0816. The first-order chi connectivity index (χ1) is 17.1. The maximum atomic E-state index is 13.8. The Kier molecular flexibility index (Phi) is 6.09. The summed E-state index contributed by atoms with van der Waals surface area (Å²) in [4.78, 5) is 37.9. The van der Waals surface area contributed by atoms with Gasteiger partial charge in [0.05, 0.1) is 49.0 Å². The molecule has 0 radical (unpaired) electrons. The van der Waals surface area contributed by atoms with Gasteiger partial charge in [-0.05, 0) is 72.1 Å². The normalized spacial score (nSPS) is 15.9. The first-order valence-electron chi connectivity index (χ1n) is 10.8. The summed E-state index contributed by atoms with van der Waals surface area (Å²) in [5, 5.41) is 22.5. The van der Waals surface area contributed by atoms with E-state index in [1.54, 1.807) is 26.0 Å². The van der Waals surface area contributed by atoms with E-state index in [2.05, 4.69) is 25.9 Å². The van der Waals surface area contributed by atoms with Crippen molar-refractivity contribution < 1.29 is 24.5 Å². The number of halogens is 1. The number of anilines is 1. The average molecular weight is 586 g/mol. The number of ketones is 1. The van der Waals surface area contributed by atoms with Crippen molar-refractivity contribution in [2.24, 2.45) is 0 Å². The van der Waals surface area contributed by atoms with Crippen LogP contribution < -0.4 is 9.64 Å². The van der Waals surface area contributed by atoms with Crippen LogP contribution in [0.25, 0.3) is 10.2 Å². The maximum Gasteiger partial charge on any atom is 0.296 e. The van der Waals surface area contributed by atoms with Gasteiger partial charge in [0.1, 0.15) is 0 Å². The van der Waals surface area contributed by atoms with Crippen molar-refractivity contribution >= 4 is 65.6 Å². The number of aryl methyl sites for hydroxylation is 3. The zero-order chi connectivity index (χ0) is 25.9. The molecule has 36 heavy (non-hydrogen) atoms. The van der Waals surface area contributed by atoms with Gasteiger partial charge in [0.2, 0.25) is 5.78 Å². The van der Waals surface area contributed by atoms with E-state index in [4.69, 9.17) is 4.74 Å². The van der Waals surface area contributed by atoms with Crippen molar-refractivity contribution in [2.45, 2.75) is 26.8 Å². The van der Waals surface area contributed by atoms with E-state index >= 15 is 0 Å². The van der Waals surface area contributed by atoms with E-state index < -0.39 is 23.5 Å². The van der Waals surface area contributed by atoms with Crippen LogP contribution in [-0.2, 0) is 4.79 Å². The van der Waals surface area contributed by atoms with E-state index in [1.807, 2.05) is 25.1 Å². The summed E-state index contributed by atoms with van der Waals surface area (Å²) in [7, 11) is 1.40. The van der Waals surface area contributed by atoms with Crippen LogP contribution in [0, 0.1) is 20.8 Å². The van der Waals surface area contributed by atoms with Gasteiger partial charge in [0.25, 0.3) is 5.91 Å². The number of benzene rings is 2. The molecule has 1 atom stereocenters. The van der Waals surface area contributed by atoms with Crippen LogP contribution in [0.15, 0.2) is 46.1 Å². The van der Waals surface area contributed by atoms with Crippen LogP contribution in [-0.4, -0.2) is 39.0 Å². The van der Waals surface area contributed by atoms with Gasteiger partial charge in [0.15, 0.2) is 22.4 Å². The molecular formula is C25H20BrN3O5S2. The number of carbonyl (C=O) groups excluding carboxylic acids is 2. The summed E-state index contributed by atoms with van der Waals surface area (Å²) in [6.45, 7) is 5.47. The van der Waals surface area contributed by atoms with Crippen molar-refractivity contribution in [3.05, 3.63) is 72.8 Å². The number of rotatable bonds is 5. The van der Waals surface area contributed by atoms with E-state index in [0.29, 0.717) is 36.3 Å². The van der Waals surface area contributed by atoms with Gasteiger partial charge >= 0.3 is 0 Å². The third-order valence-electron chi connectivity index (χ3n) is 5.89. The summed E-state index contributed by atoms with van der Waals surface area (Å²) in [5.74, 6) is -1.84. The van der Waals surface area contributed by atoms with E-state index in [1.165, 1.54) is 34.7 Å². The minimum Gasteiger partial charge on any atom is -0.503 e. The van der Waals surface area contributed by atoms with Gasteiger partial charge in [-0.3, -0.25) is 14.5 Å². The monoisotopic (exact) mass is 585 g/mol. The Bertz CT molecular complexity index is 1610. The van der Waals surface area contributed by atoms with Gasteiger partial charge in [-0.15, -0.1) is 11.3 Å². The summed E-state index contributed by atoms with van der Waals surface area (Å²) >= 11 is 5.82. The van der Waals surface area contributed by atoms with Crippen LogP contribution in [0.5, 0.6) is 11.5 Å². The predicted molar refractivity (Wildman–Crippen MR) is 143 cm³/mol. The molecule has 1 aliphatic heterocycles. The Hall–Kier alpha value is -3.28. The zero-order valence-electron chi connectivity index (χ0n) is 19.6. The molecule has 1 unspecified atom stereocenters. The maximum absolute atomic E-state index is 13.8. The van der Waals surface area contributed by atoms with Crippen LogP contribution in [0.3, 0.4) is 0 Å². The molecule has 1 aliphatic rings. The zero-order valence-corrected chi connectivity index (χ0v) is 22.8. The molecule has 8 nitrogen and oxygen atoms in total. The SMILES string of the molecule is COc1cc(C2C(C(=O)c3sc(C)nc3C)=C(O)C(=O)N2c2nc3ccc(C)cc3s2)cc(Br)c1O. The van der Waals surface area contributed by atoms with Gasteiger partial charge in [-0.2, -0.15) is 0 Å². The summed E-state index contributed by atoms with van der Waals surface area (Å²) < 4.78 is 6.50. The quantitative estimate of drug-likeness (QED) is 0.279. The van der Waals surface area contributed by atoms with Crippen molar-refractivity contribution in [3.63, 3.8) is 0 Å². The summed E-state index contributed by atoms with van der Waals surface area (Å²) in [5.41, 5.74) is 2.63. The van der Waals surface area contributed by atoms with Gasteiger partial charge < -0.3 is 14.9 Å². The number of methoxy groups -OCH3 is 1. The molecule has 3 heterocycles. The number of aliphatic hydroxyl groups excluding tert-OH is 1. The fourth-order valence-corrected chi connectivity index (χ4v) is 6.67. The Labute approximate surface area is 222 Å². The molecule has 2 aromatic heterocycles. The lowest BCUT2D eigenvalue weighted by atomic mass is 9.95. The Morgan fingerprint density at radius 1 is 1.11 bits per heavy atom. The first-order valence-corrected chi connectivity index (χ1v) is 13.2. The van der Waals surface area contributed by atoms with E-state index in [9.17, 15) is 19.8 Å². The number of fused-ring (bicyclic) bond motifs is 1. The third-order valence-corrected chi connectivity index (χ3v) is 8.58. The molecule has 11 heteroatoms. The van der Waals surface area contributed by atoms with Crippen molar-refractivity contribution in [1.82, 2.24) is 9.97 Å². The molecule has 2 aromatic carbocycles. The standard InChI is InChI=1S/C25H20BrN3O5S2/c1-10-5-6-15-17(7-10)36-25(28-15)29-19(13-8-14(26)20(30)16(9-13)34-4)18(22(32)24(29)33)21(31)23-11(2)27-12(3)35-23/h5-9,19,30,32H,1-4H3. The largest absolute Gasteiger partial charge is 0.503 e. The lowest BCUT2D eigenvalue weighted by Gasteiger charge is -2.25. The number of hydrogen-bond acceptors (Lipinski definition) is 9. The number of Topliss-reactive ketones (excluding diaryl/α,β-unsaturated/α-hetero) is 1. The molecule has 0 aliphatic carbocycles. The number of amides is 1. The Morgan fingerprint density at radius 3 is 2.53 bits per heavy atom. The molecular weight excluding hydrogens is 566 g/mol. The second-order valence-electron chi connectivity index (χ2n) is 8.34. The Morgan fingerprint density at radius 2 is 1.86 bits per heavy atom. The number of nitrogens with zero attached hydrogens (tertiary/aromatic N) is 3. The topological polar surface area (TPSA) is 113 Å². The molecule has 0 saturated carbocycles. The van der Waals surface area contributed by atoms with E-state index in [0.717, 1.165) is 10.3 Å². The van der Waals surface area contributed by atoms with Crippen molar-refractivity contribution in [3.8, 4) is 11.5 Å². The van der Waals surface area contributed by atoms with Crippen molar-refractivity contribution in [1.29, 1.82) is 0 Å².